The van der Waals surface area contributed by atoms with Gasteiger partial charge in [0.25, 0.3) is 0 Å². The number of amides is 1. The molecule has 0 bridgehead atoms. The van der Waals surface area contributed by atoms with Crippen molar-refractivity contribution < 1.29 is 13.2 Å². The van der Waals surface area contributed by atoms with Crippen LogP contribution in [-0.4, -0.2) is 50.1 Å². The number of piperidine rings is 1. The van der Waals surface area contributed by atoms with Gasteiger partial charge in [-0.2, -0.15) is 0 Å². The van der Waals surface area contributed by atoms with Crippen molar-refractivity contribution in [2.75, 3.05) is 31.1 Å². The molecule has 1 saturated heterocycles. The number of nitrogens with zero attached hydrogens (tertiary/aromatic N) is 1. The Bertz CT molecular complexity index is 1390. The zero-order valence-corrected chi connectivity index (χ0v) is 22.4. The number of carbonyl (C=O) groups excluding carboxylic acids is 1. The van der Waals surface area contributed by atoms with Crippen LogP contribution in [0.4, 0.5) is 5.69 Å². The van der Waals surface area contributed by atoms with Gasteiger partial charge in [-0.15, -0.1) is 0 Å². The number of hydrogen-bond acceptors (Lipinski definition) is 5. The SMILES string of the molecule is NC(=O)c1ccc(CCS(=O)(=O)N2CCC(CNC3CC3c3ccccc3)CC2)cc1-c1ccccc1N. The number of para-hydroxylation sites is 1. The van der Waals surface area contributed by atoms with Crippen LogP contribution >= 0.6 is 0 Å². The standard InChI is InChI=1S/C30H36N4O3S/c31-28-9-5-4-8-24(28)27-18-21(10-11-25(27)30(32)35)14-17-38(36,37)34-15-12-22(13-16-34)20-33-29-19-26(29)23-6-2-1-3-7-23/h1-11,18,22,26,29,33H,12-17,19-20,31H2,(H2,32,35). The van der Waals surface area contributed by atoms with E-state index >= 15 is 0 Å². The van der Waals surface area contributed by atoms with E-state index in [9.17, 15) is 13.2 Å². The number of nitrogens with two attached hydrogens (primary N) is 2. The molecule has 8 heteroatoms. The highest BCUT2D eigenvalue weighted by Gasteiger charge is 2.38. The Hall–Kier alpha value is -3.20. The molecule has 2 aliphatic rings. The summed E-state index contributed by atoms with van der Waals surface area (Å²) >= 11 is 0. The Morgan fingerprint density at radius 3 is 2.37 bits per heavy atom. The fourth-order valence-electron chi connectivity index (χ4n) is 5.50. The lowest BCUT2D eigenvalue weighted by Gasteiger charge is -2.31. The van der Waals surface area contributed by atoms with Crippen molar-refractivity contribution in [3.8, 4) is 11.1 Å². The highest BCUT2D eigenvalue weighted by atomic mass is 32.2. The predicted octanol–water partition coefficient (Wildman–Crippen LogP) is 3.76. The van der Waals surface area contributed by atoms with Gasteiger partial charge in [0.2, 0.25) is 15.9 Å². The van der Waals surface area contributed by atoms with E-state index in [0.29, 0.717) is 59.8 Å². The molecule has 5 N–H and O–H groups in total. The van der Waals surface area contributed by atoms with Crippen molar-refractivity contribution in [2.24, 2.45) is 11.7 Å². The van der Waals surface area contributed by atoms with Crippen LogP contribution in [0.25, 0.3) is 11.1 Å². The number of nitrogens with one attached hydrogen (secondary N) is 1. The van der Waals surface area contributed by atoms with Gasteiger partial charge in [0.15, 0.2) is 0 Å². The van der Waals surface area contributed by atoms with Gasteiger partial charge < -0.3 is 16.8 Å². The maximum absolute atomic E-state index is 13.1. The lowest BCUT2D eigenvalue weighted by atomic mass is 9.95. The maximum Gasteiger partial charge on any atom is 0.249 e. The number of hydrogen-bond donors (Lipinski definition) is 3. The van der Waals surface area contributed by atoms with Crippen LogP contribution in [0.3, 0.4) is 0 Å². The summed E-state index contributed by atoms with van der Waals surface area (Å²) in [5.74, 6) is 0.583. The summed E-state index contributed by atoms with van der Waals surface area (Å²) in [7, 11) is -3.38. The van der Waals surface area contributed by atoms with E-state index in [1.54, 1.807) is 22.5 Å². The van der Waals surface area contributed by atoms with Crippen molar-refractivity contribution in [3.05, 3.63) is 89.5 Å². The molecule has 0 spiro atoms. The smallest absolute Gasteiger partial charge is 0.249 e. The third-order valence-electron chi connectivity index (χ3n) is 7.90. The topological polar surface area (TPSA) is 119 Å². The first-order chi connectivity index (χ1) is 18.3. The minimum atomic E-state index is -3.38. The Labute approximate surface area is 225 Å². The number of anilines is 1. The summed E-state index contributed by atoms with van der Waals surface area (Å²) in [6, 6.07) is 23.7. The van der Waals surface area contributed by atoms with Crippen LogP contribution in [0, 0.1) is 5.92 Å². The van der Waals surface area contributed by atoms with Crippen molar-refractivity contribution >= 4 is 21.6 Å². The molecule has 1 saturated carbocycles. The maximum atomic E-state index is 13.1. The van der Waals surface area contributed by atoms with Gasteiger partial charge in [-0.05, 0) is 67.0 Å². The van der Waals surface area contributed by atoms with Gasteiger partial charge in [0.05, 0.1) is 5.75 Å². The quantitative estimate of drug-likeness (QED) is 0.344. The van der Waals surface area contributed by atoms with Crippen molar-refractivity contribution in [1.82, 2.24) is 9.62 Å². The van der Waals surface area contributed by atoms with Gasteiger partial charge in [0, 0.05) is 41.9 Å². The molecule has 1 heterocycles. The van der Waals surface area contributed by atoms with Crippen LogP contribution in [0.1, 0.15) is 46.7 Å². The van der Waals surface area contributed by atoms with E-state index < -0.39 is 15.9 Å². The summed E-state index contributed by atoms with van der Waals surface area (Å²) < 4.78 is 27.9. The fraction of sp³-hybridized carbons (Fsp3) is 0.367. The van der Waals surface area contributed by atoms with Gasteiger partial charge in [-0.25, -0.2) is 12.7 Å². The Morgan fingerprint density at radius 2 is 1.66 bits per heavy atom. The first kappa shape index (κ1) is 26.4. The molecule has 1 amide bonds. The predicted molar refractivity (Wildman–Crippen MR) is 152 cm³/mol. The highest BCUT2D eigenvalue weighted by Crippen LogP contribution is 2.40. The number of benzene rings is 3. The number of sulfonamides is 1. The lowest BCUT2D eigenvalue weighted by Crippen LogP contribution is -2.42. The van der Waals surface area contributed by atoms with E-state index in [2.05, 4.69) is 29.6 Å². The third kappa shape index (κ3) is 6.09. The van der Waals surface area contributed by atoms with Gasteiger partial charge >= 0.3 is 0 Å². The number of primary amides is 1. The number of rotatable bonds is 10. The zero-order chi connectivity index (χ0) is 26.7. The van der Waals surface area contributed by atoms with Crippen molar-refractivity contribution in [3.63, 3.8) is 0 Å². The molecule has 1 aliphatic carbocycles. The molecule has 3 aromatic carbocycles. The second-order valence-electron chi connectivity index (χ2n) is 10.5. The van der Waals surface area contributed by atoms with Gasteiger partial charge in [-0.1, -0.05) is 60.7 Å². The average Bonchev–Trinajstić information content (AvgIpc) is 3.71. The second-order valence-corrected chi connectivity index (χ2v) is 12.6. The normalized spacial score (nSPS) is 20.3. The molecule has 0 radical (unpaired) electrons. The lowest BCUT2D eigenvalue weighted by molar-refractivity contribution is 0.100. The molecule has 2 fully saturated rings. The number of aryl methyl sites for hydroxylation is 1. The summed E-state index contributed by atoms with van der Waals surface area (Å²) in [4.78, 5) is 12.0. The van der Waals surface area contributed by atoms with E-state index in [0.717, 1.165) is 24.9 Å². The highest BCUT2D eigenvalue weighted by molar-refractivity contribution is 7.89. The van der Waals surface area contributed by atoms with Crippen molar-refractivity contribution in [2.45, 2.75) is 37.6 Å². The van der Waals surface area contributed by atoms with Crippen LogP contribution in [0.15, 0.2) is 72.8 Å². The van der Waals surface area contributed by atoms with Crippen LogP contribution in [0.2, 0.25) is 0 Å². The molecule has 0 aromatic heterocycles. The molecule has 2 atom stereocenters. The summed E-state index contributed by atoms with van der Waals surface area (Å²) in [5.41, 5.74) is 16.2. The number of carbonyl (C=O) groups is 1. The summed E-state index contributed by atoms with van der Waals surface area (Å²) in [5, 5.41) is 3.70. The molecular formula is C30H36N4O3S. The van der Waals surface area contributed by atoms with Gasteiger partial charge in [0.1, 0.15) is 0 Å². The fourth-order valence-corrected chi connectivity index (χ4v) is 7.02. The van der Waals surface area contributed by atoms with Crippen LogP contribution < -0.4 is 16.8 Å². The van der Waals surface area contributed by atoms with E-state index in [-0.39, 0.29) is 5.75 Å². The molecular weight excluding hydrogens is 496 g/mol. The molecule has 200 valence electrons. The van der Waals surface area contributed by atoms with Crippen LogP contribution in [0.5, 0.6) is 0 Å². The van der Waals surface area contributed by atoms with Gasteiger partial charge in [-0.3, -0.25) is 4.79 Å². The molecule has 2 unspecified atom stereocenters. The summed E-state index contributed by atoms with van der Waals surface area (Å²) in [6.07, 6.45) is 3.28. The first-order valence-corrected chi connectivity index (χ1v) is 15.0. The van der Waals surface area contributed by atoms with E-state index in [4.69, 9.17) is 11.5 Å². The minimum absolute atomic E-state index is 0.0242. The first-order valence-electron chi connectivity index (χ1n) is 13.4. The number of nitrogen functional groups attached to an aromatic ring is 1. The summed E-state index contributed by atoms with van der Waals surface area (Å²) in [6.45, 7) is 2.07. The van der Waals surface area contributed by atoms with E-state index in [1.165, 1.54) is 12.0 Å². The minimum Gasteiger partial charge on any atom is -0.398 e. The second kappa shape index (κ2) is 11.3. The average molecular weight is 533 g/mol. The Morgan fingerprint density at radius 1 is 0.947 bits per heavy atom. The molecule has 5 rings (SSSR count). The molecule has 38 heavy (non-hydrogen) atoms. The largest absolute Gasteiger partial charge is 0.398 e. The monoisotopic (exact) mass is 532 g/mol. The molecule has 1 aliphatic heterocycles. The Balaban J connectivity index is 1.14. The van der Waals surface area contributed by atoms with Crippen molar-refractivity contribution in [1.29, 1.82) is 0 Å². The van der Waals surface area contributed by atoms with E-state index in [1.807, 2.05) is 30.3 Å². The Kier molecular flexibility index (Phi) is 7.83. The molecule has 7 nitrogen and oxygen atoms in total. The zero-order valence-electron chi connectivity index (χ0n) is 21.6. The third-order valence-corrected chi connectivity index (χ3v) is 9.77. The molecule has 3 aromatic rings. The van der Waals surface area contributed by atoms with Crippen LogP contribution in [-0.2, 0) is 16.4 Å².